The summed E-state index contributed by atoms with van der Waals surface area (Å²) in [6, 6.07) is 0. The normalized spacial score (nSPS) is 21.6. The number of hydrogen-bond acceptors (Lipinski definition) is 2. The summed E-state index contributed by atoms with van der Waals surface area (Å²) in [5.74, 6) is 0.248. The molecule has 0 aliphatic heterocycles. The summed E-state index contributed by atoms with van der Waals surface area (Å²) in [5, 5.41) is 0. The number of ether oxygens (including phenoxy) is 1. The molecule has 0 amide bonds. The van der Waals surface area contributed by atoms with Crippen molar-refractivity contribution in [3.05, 3.63) is 12.7 Å². The minimum atomic E-state index is -0.291. The lowest BCUT2D eigenvalue weighted by Crippen LogP contribution is -2.37. The van der Waals surface area contributed by atoms with Gasteiger partial charge in [0.2, 0.25) is 0 Å². The summed E-state index contributed by atoms with van der Waals surface area (Å²) in [5.41, 5.74) is -0.276. The van der Waals surface area contributed by atoms with E-state index in [-0.39, 0.29) is 11.6 Å². The van der Waals surface area contributed by atoms with E-state index in [1.54, 1.807) is 0 Å². The molecule has 1 aliphatic rings. The van der Waals surface area contributed by atoms with Gasteiger partial charge in [-0.3, -0.25) is 0 Å². The van der Waals surface area contributed by atoms with E-state index in [4.69, 9.17) is 4.74 Å². The highest BCUT2D eigenvalue weighted by Gasteiger charge is 2.37. The van der Waals surface area contributed by atoms with E-state index in [1.807, 2.05) is 6.92 Å². The number of carbonyl (C=O) groups is 1. The molecule has 0 heterocycles. The number of carbonyl (C=O) groups excluding carboxylic acids is 1. The Kier molecular flexibility index (Phi) is 3.73. The van der Waals surface area contributed by atoms with E-state index < -0.39 is 0 Å². The SMILES string of the molecule is C=CC(=O)OC(C)(CC)C1CCCC1. The van der Waals surface area contributed by atoms with Gasteiger partial charge >= 0.3 is 5.97 Å². The van der Waals surface area contributed by atoms with Crippen molar-refractivity contribution in [1.29, 1.82) is 0 Å². The monoisotopic (exact) mass is 196 g/mol. The second kappa shape index (κ2) is 4.63. The minimum absolute atomic E-state index is 0.276. The third-order valence-corrected chi connectivity index (χ3v) is 3.42. The van der Waals surface area contributed by atoms with Crippen LogP contribution in [-0.2, 0) is 9.53 Å². The maximum atomic E-state index is 11.2. The third kappa shape index (κ3) is 2.37. The van der Waals surface area contributed by atoms with E-state index in [9.17, 15) is 4.79 Å². The van der Waals surface area contributed by atoms with Crippen LogP contribution in [0.15, 0.2) is 12.7 Å². The standard InChI is InChI=1S/C12H20O2/c1-4-11(13)14-12(3,5-2)10-8-6-7-9-10/h4,10H,1,5-9H2,2-3H3. The van der Waals surface area contributed by atoms with E-state index in [0.717, 1.165) is 6.42 Å². The fraction of sp³-hybridized carbons (Fsp3) is 0.750. The van der Waals surface area contributed by atoms with Crippen LogP contribution in [0, 0.1) is 5.92 Å². The fourth-order valence-corrected chi connectivity index (χ4v) is 2.25. The summed E-state index contributed by atoms with van der Waals surface area (Å²) in [6.07, 6.45) is 7.06. The van der Waals surface area contributed by atoms with E-state index in [0.29, 0.717) is 5.92 Å². The Morgan fingerprint density at radius 3 is 2.57 bits per heavy atom. The van der Waals surface area contributed by atoms with Crippen molar-refractivity contribution in [1.82, 2.24) is 0 Å². The van der Waals surface area contributed by atoms with Crippen LogP contribution in [0.5, 0.6) is 0 Å². The fourth-order valence-electron chi connectivity index (χ4n) is 2.25. The Morgan fingerprint density at radius 1 is 1.57 bits per heavy atom. The first-order valence-electron chi connectivity index (χ1n) is 5.48. The highest BCUT2D eigenvalue weighted by atomic mass is 16.6. The zero-order valence-electron chi connectivity index (χ0n) is 9.21. The van der Waals surface area contributed by atoms with Crippen molar-refractivity contribution in [2.75, 3.05) is 0 Å². The van der Waals surface area contributed by atoms with E-state index >= 15 is 0 Å². The van der Waals surface area contributed by atoms with Gasteiger partial charge in [0.25, 0.3) is 0 Å². The van der Waals surface area contributed by atoms with Crippen molar-refractivity contribution in [2.45, 2.75) is 51.6 Å². The molecule has 1 unspecified atom stereocenters. The Morgan fingerprint density at radius 2 is 2.14 bits per heavy atom. The lowest BCUT2D eigenvalue weighted by atomic mass is 9.85. The molecular formula is C12H20O2. The molecule has 0 radical (unpaired) electrons. The van der Waals surface area contributed by atoms with Crippen molar-refractivity contribution in [2.24, 2.45) is 5.92 Å². The molecule has 0 aromatic carbocycles. The summed E-state index contributed by atoms with van der Waals surface area (Å²) in [6.45, 7) is 7.56. The molecule has 2 nitrogen and oxygen atoms in total. The minimum Gasteiger partial charge on any atom is -0.456 e. The molecule has 0 saturated heterocycles. The van der Waals surface area contributed by atoms with Crippen LogP contribution in [0.3, 0.4) is 0 Å². The zero-order valence-corrected chi connectivity index (χ0v) is 9.21. The van der Waals surface area contributed by atoms with Crippen LogP contribution in [0.1, 0.15) is 46.0 Å². The lowest BCUT2D eigenvalue weighted by molar-refractivity contribution is -0.158. The predicted octanol–water partition coefficient (Wildman–Crippen LogP) is 3.07. The Balaban J connectivity index is 2.63. The van der Waals surface area contributed by atoms with Gasteiger partial charge in [-0.05, 0) is 32.1 Å². The molecule has 14 heavy (non-hydrogen) atoms. The number of hydrogen-bond donors (Lipinski definition) is 0. The van der Waals surface area contributed by atoms with Gasteiger partial charge in [-0.2, -0.15) is 0 Å². The van der Waals surface area contributed by atoms with Gasteiger partial charge in [-0.25, -0.2) is 4.79 Å². The van der Waals surface area contributed by atoms with Crippen LogP contribution in [-0.4, -0.2) is 11.6 Å². The summed E-state index contributed by atoms with van der Waals surface area (Å²) in [7, 11) is 0. The lowest BCUT2D eigenvalue weighted by Gasteiger charge is -2.33. The topological polar surface area (TPSA) is 26.3 Å². The van der Waals surface area contributed by atoms with Gasteiger partial charge in [0.1, 0.15) is 5.60 Å². The highest BCUT2D eigenvalue weighted by molar-refractivity contribution is 5.81. The zero-order chi connectivity index (χ0) is 10.6. The molecule has 1 fully saturated rings. The summed E-state index contributed by atoms with van der Waals surface area (Å²) >= 11 is 0. The van der Waals surface area contributed by atoms with E-state index in [2.05, 4.69) is 13.5 Å². The first-order chi connectivity index (χ1) is 6.62. The van der Waals surface area contributed by atoms with Gasteiger partial charge in [-0.15, -0.1) is 0 Å². The molecule has 1 aliphatic carbocycles. The largest absolute Gasteiger partial charge is 0.456 e. The Hall–Kier alpha value is -0.790. The molecule has 0 N–H and O–H groups in total. The number of esters is 1. The average molecular weight is 196 g/mol. The molecule has 0 bridgehead atoms. The van der Waals surface area contributed by atoms with Crippen LogP contribution in [0.4, 0.5) is 0 Å². The highest BCUT2D eigenvalue weighted by Crippen LogP contribution is 2.38. The van der Waals surface area contributed by atoms with Crippen molar-refractivity contribution >= 4 is 5.97 Å². The molecule has 0 spiro atoms. The van der Waals surface area contributed by atoms with Gasteiger partial charge in [0.15, 0.2) is 0 Å². The summed E-state index contributed by atoms with van der Waals surface area (Å²) < 4.78 is 5.46. The Bertz CT molecular complexity index is 216. The van der Waals surface area contributed by atoms with Crippen LogP contribution < -0.4 is 0 Å². The van der Waals surface area contributed by atoms with Gasteiger partial charge in [-0.1, -0.05) is 26.3 Å². The Labute approximate surface area is 86.3 Å². The van der Waals surface area contributed by atoms with Crippen molar-refractivity contribution in [3.8, 4) is 0 Å². The molecular weight excluding hydrogens is 176 g/mol. The van der Waals surface area contributed by atoms with Crippen LogP contribution in [0.25, 0.3) is 0 Å². The third-order valence-electron chi connectivity index (χ3n) is 3.42. The maximum Gasteiger partial charge on any atom is 0.330 e. The molecule has 0 aromatic heterocycles. The van der Waals surface area contributed by atoms with Gasteiger partial charge in [0.05, 0.1) is 0 Å². The molecule has 1 saturated carbocycles. The van der Waals surface area contributed by atoms with Crippen molar-refractivity contribution in [3.63, 3.8) is 0 Å². The smallest absolute Gasteiger partial charge is 0.330 e. The first-order valence-corrected chi connectivity index (χ1v) is 5.48. The summed E-state index contributed by atoms with van der Waals surface area (Å²) in [4.78, 5) is 11.2. The molecule has 1 rings (SSSR count). The van der Waals surface area contributed by atoms with Gasteiger partial charge in [0, 0.05) is 6.08 Å². The molecule has 1 atom stereocenters. The van der Waals surface area contributed by atoms with Crippen LogP contribution in [0.2, 0.25) is 0 Å². The quantitative estimate of drug-likeness (QED) is 0.510. The van der Waals surface area contributed by atoms with Gasteiger partial charge < -0.3 is 4.74 Å². The second-order valence-corrected chi connectivity index (χ2v) is 4.27. The average Bonchev–Trinajstić information content (AvgIpc) is 2.70. The van der Waals surface area contributed by atoms with E-state index in [1.165, 1.54) is 31.8 Å². The van der Waals surface area contributed by atoms with Crippen molar-refractivity contribution < 1.29 is 9.53 Å². The molecule has 0 aromatic rings. The first kappa shape index (κ1) is 11.3. The second-order valence-electron chi connectivity index (χ2n) is 4.27. The number of rotatable bonds is 4. The molecule has 2 heteroatoms. The molecule has 80 valence electrons. The van der Waals surface area contributed by atoms with Crippen LogP contribution >= 0.6 is 0 Å². The predicted molar refractivity (Wildman–Crippen MR) is 56.9 cm³/mol. The maximum absolute atomic E-state index is 11.2.